The Hall–Kier alpha value is -1.39. The molecule has 1 unspecified atom stereocenters. The number of hydrogen-bond donors (Lipinski definition) is 2. The number of benzene rings is 1. The number of carbonyl (C=O) groups is 1. The fourth-order valence-electron chi connectivity index (χ4n) is 2.16. The highest BCUT2D eigenvalue weighted by atomic mass is 16.2. The van der Waals surface area contributed by atoms with E-state index in [0.717, 1.165) is 30.5 Å². The molecule has 17 heavy (non-hydrogen) atoms. The first kappa shape index (κ1) is 12.1. The van der Waals surface area contributed by atoms with Gasteiger partial charge in [0.15, 0.2) is 0 Å². The maximum atomic E-state index is 12.2. The Morgan fingerprint density at radius 2 is 2.06 bits per heavy atom. The number of hydrogen-bond acceptors (Lipinski definition) is 3. The van der Waals surface area contributed by atoms with E-state index in [1.54, 1.807) is 0 Å². The number of rotatable bonds is 2. The topological polar surface area (TPSA) is 72.4 Å². The van der Waals surface area contributed by atoms with Gasteiger partial charge in [-0.2, -0.15) is 0 Å². The molecule has 0 aliphatic carbocycles. The van der Waals surface area contributed by atoms with Crippen LogP contribution in [-0.2, 0) is 6.54 Å². The summed E-state index contributed by atoms with van der Waals surface area (Å²) < 4.78 is 0. The first-order valence-electron chi connectivity index (χ1n) is 6.04. The molecule has 4 nitrogen and oxygen atoms in total. The summed E-state index contributed by atoms with van der Waals surface area (Å²) in [6.07, 6.45) is 2.00. The van der Waals surface area contributed by atoms with Crippen LogP contribution in [-0.4, -0.2) is 29.9 Å². The SMILES string of the molecule is NCc1ccc(C(=O)N2CCCC(N)C2)cc1. The van der Waals surface area contributed by atoms with Gasteiger partial charge in [0.25, 0.3) is 5.91 Å². The monoisotopic (exact) mass is 233 g/mol. The van der Waals surface area contributed by atoms with Crippen molar-refractivity contribution in [1.29, 1.82) is 0 Å². The van der Waals surface area contributed by atoms with Crippen LogP contribution in [0.4, 0.5) is 0 Å². The predicted molar refractivity (Wildman–Crippen MR) is 67.4 cm³/mol. The lowest BCUT2D eigenvalue weighted by atomic mass is 10.0. The zero-order valence-electron chi connectivity index (χ0n) is 9.93. The second kappa shape index (κ2) is 5.29. The second-order valence-corrected chi connectivity index (χ2v) is 4.55. The van der Waals surface area contributed by atoms with E-state index in [1.165, 1.54) is 0 Å². The Morgan fingerprint density at radius 3 is 2.65 bits per heavy atom. The Morgan fingerprint density at radius 1 is 1.35 bits per heavy atom. The standard InChI is InChI=1S/C13H19N3O/c14-8-10-3-5-11(6-4-10)13(17)16-7-1-2-12(15)9-16/h3-6,12H,1-2,7-9,14-15H2. The van der Waals surface area contributed by atoms with Crippen molar-refractivity contribution in [1.82, 2.24) is 4.90 Å². The van der Waals surface area contributed by atoms with Crippen LogP contribution in [0.5, 0.6) is 0 Å². The number of nitrogens with zero attached hydrogens (tertiary/aromatic N) is 1. The molecule has 2 rings (SSSR count). The average Bonchev–Trinajstić information content (AvgIpc) is 2.38. The van der Waals surface area contributed by atoms with Crippen LogP contribution in [0.1, 0.15) is 28.8 Å². The van der Waals surface area contributed by atoms with E-state index in [0.29, 0.717) is 13.1 Å². The lowest BCUT2D eigenvalue weighted by Crippen LogP contribution is -2.45. The largest absolute Gasteiger partial charge is 0.337 e. The van der Waals surface area contributed by atoms with Crippen molar-refractivity contribution in [2.24, 2.45) is 11.5 Å². The van der Waals surface area contributed by atoms with Crippen LogP contribution < -0.4 is 11.5 Å². The fourth-order valence-corrected chi connectivity index (χ4v) is 2.16. The summed E-state index contributed by atoms with van der Waals surface area (Å²) in [6.45, 7) is 1.98. The third-order valence-corrected chi connectivity index (χ3v) is 3.18. The molecule has 1 aromatic carbocycles. The van der Waals surface area contributed by atoms with Gasteiger partial charge in [-0.15, -0.1) is 0 Å². The summed E-state index contributed by atoms with van der Waals surface area (Å²) >= 11 is 0. The van der Waals surface area contributed by atoms with E-state index in [4.69, 9.17) is 11.5 Å². The van der Waals surface area contributed by atoms with Crippen molar-refractivity contribution in [2.45, 2.75) is 25.4 Å². The number of carbonyl (C=O) groups excluding carboxylic acids is 1. The maximum Gasteiger partial charge on any atom is 0.253 e. The van der Waals surface area contributed by atoms with E-state index in [-0.39, 0.29) is 11.9 Å². The van der Waals surface area contributed by atoms with Crippen LogP contribution in [0.2, 0.25) is 0 Å². The fraction of sp³-hybridized carbons (Fsp3) is 0.462. The first-order chi connectivity index (χ1) is 8.20. The highest BCUT2D eigenvalue weighted by molar-refractivity contribution is 5.94. The predicted octanol–water partition coefficient (Wildman–Crippen LogP) is 0.709. The molecule has 0 spiro atoms. The highest BCUT2D eigenvalue weighted by Gasteiger charge is 2.21. The van der Waals surface area contributed by atoms with Crippen LogP contribution in [0.25, 0.3) is 0 Å². The van der Waals surface area contributed by atoms with Crippen molar-refractivity contribution >= 4 is 5.91 Å². The van der Waals surface area contributed by atoms with Crippen molar-refractivity contribution in [3.63, 3.8) is 0 Å². The minimum Gasteiger partial charge on any atom is -0.337 e. The number of amides is 1. The zero-order valence-corrected chi connectivity index (χ0v) is 9.93. The van der Waals surface area contributed by atoms with Gasteiger partial charge in [-0.1, -0.05) is 12.1 Å². The van der Waals surface area contributed by atoms with Gasteiger partial charge >= 0.3 is 0 Å². The van der Waals surface area contributed by atoms with Gasteiger partial charge in [0, 0.05) is 31.2 Å². The van der Waals surface area contributed by atoms with E-state index in [9.17, 15) is 4.79 Å². The van der Waals surface area contributed by atoms with E-state index in [2.05, 4.69) is 0 Å². The summed E-state index contributed by atoms with van der Waals surface area (Å²) in [5.74, 6) is 0.0729. The lowest BCUT2D eigenvalue weighted by molar-refractivity contribution is 0.0709. The minimum absolute atomic E-state index is 0.0729. The van der Waals surface area contributed by atoms with E-state index in [1.807, 2.05) is 29.2 Å². The summed E-state index contributed by atoms with van der Waals surface area (Å²) in [6, 6.07) is 7.60. The molecule has 92 valence electrons. The molecule has 0 radical (unpaired) electrons. The molecule has 1 saturated heterocycles. The molecule has 1 amide bonds. The molecule has 0 saturated carbocycles. The third-order valence-electron chi connectivity index (χ3n) is 3.18. The number of nitrogens with two attached hydrogens (primary N) is 2. The summed E-state index contributed by atoms with van der Waals surface area (Å²) in [7, 11) is 0. The average molecular weight is 233 g/mol. The minimum atomic E-state index is 0.0729. The molecule has 0 aromatic heterocycles. The van der Waals surface area contributed by atoms with Gasteiger partial charge in [0.05, 0.1) is 0 Å². The summed E-state index contributed by atoms with van der Waals surface area (Å²) in [5.41, 5.74) is 13.2. The van der Waals surface area contributed by atoms with Gasteiger partial charge in [0.1, 0.15) is 0 Å². The first-order valence-corrected chi connectivity index (χ1v) is 6.04. The molecular formula is C13H19N3O. The van der Waals surface area contributed by atoms with Crippen LogP contribution >= 0.6 is 0 Å². The van der Waals surface area contributed by atoms with Crippen molar-refractivity contribution in [2.75, 3.05) is 13.1 Å². The number of likely N-dealkylation sites (tertiary alicyclic amines) is 1. The smallest absolute Gasteiger partial charge is 0.253 e. The van der Waals surface area contributed by atoms with Crippen LogP contribution in [0, 0.1) is 0 Å². The summed E-state index contributed by atoms with van der Waals surface area (Å²) in [4.78, 5) is 14.0. The quantitative estimate of drug-likeness (QED) is 0.790. The van der Waals surface area contributed by atoms with E-state index >= 15 is 0 Å². The molecule has 4 N–H and O–H groups in total. The van der Waals surface area contributed by atoms with Gasteiger partial charge in [0.2, 0.25) is 0 Å². The van der Waals surface area contributed by atoms with Crippen LogP contribution in [0.3, 0.4) is 0 Å². The maximum absolute atomic E-state index is 12.2. The number of piperidine rings is 1. The van der Waals surface area contributed by atoms with Crippen LogP contribution in [0.15, 0.2) is 24.3 Å². The molecule has 1 heterocycles. The second-order valence-electron chi connectivity index (χ2n) is 4.55. The van der Waals surface area contributed by atoms with Gasteiger partial charge in [-0.3, -0.25) is 4.79 Å². The Labute approximate surface area is 102 Å². The summed E-state index contributed by atoms with van der Waals surface area (Å²) in [5, 5.41) is 0. The molecule has 0 bridgehead atoms. The van der Waals surface area contributed by atoms with Crippen molar-refractivity contribution in [3.8, 4) is 0 Å². The molecule has 1 aliphatic rings. The van der Waals surface area contributed by atoms with Gasteiger partial charge in [-0.25, -0.2) is 0 Å². The van der Waals surface area contributed by atoms with E-state index < -0.39 is 0 Å². The lowest BCUT2D eigenvalue weighted by Gasteiger charge is -2.30. The normalized spacial score (nSPS) is 20.4. The zero-order chi connectivity index (χ0) is 12.3. The Bertz CT molecular complexity index is 388. The van der Waals surface area contributed by atoms with Crippen molar-refractivity contribution < 1.29 is 4.79 Å². The molecule has 1 aromatic rings. The molecule has 1 atom stereocenters. The molecule has 1 fully saturated rings. The highest BCUT2D eigenvalue weighted by Crippen LogP contribution is 2.13. The molecule has 4 heteroatoms. The molecule has 1 aliphatic heterocycles. The van der Waals surface area contributed by atoms with Crippen molar-refractivity contribution in [3.05, 3.63) is 35.4 Å². The van der Waals surface area contributed by atoms with Gasteiger partial charge in [-0.05, 0) is 30.5 Å². The Kier molecular flexibility index (Phi) is 3.76. The molecular weight excluding hydrogens is 214 g/mol. The van der Waals surface area contributed by atoms with Gasteiger partial charge < -0.3 is 16.4 Å². The Balaban J connectivity index is 2.07. The third kappa shape index (κ3) is 2.84.